The van der Waals surface area contributed by atoms with E-state index in [2.05, 4.69) is 15.1 Å². The predicted octanol–water partition coefficient (Wildman–Crippen LogP) is 0.969. The number of aromatic nitrogens is 4. The van der Waals surface area contributed by atoms with Crippen molar-refractivity contribution >= 4 is 16.7 Å². The lowest BCUT2D eigenvalue weighted by Crippen LogP contribution is -2.10. The molecule has 86 valence electrons. The van der Waals surface area contributed by atoms with E-state index in [1.807, 2.05) is 25.1 Å². The summed E-state index contributed by atoms with van der Waals surface area (Å²) in [5.41, 5.74) is 0.535. The Morgan fingerprint density at radius 1 is 1.41 bits per heavy atom. The van der Waals surface area contributed by atoms with E-state index in [1.165, 1.54) is 0 Å². The fraction of sp³-hybridized carbons (Fsp3) is 0.182. The molecule has 0 atom stereocenters. The van der Waals surface area contributed by atoms with Crippen molar-refractivity contribution < 1.29 is 4.74 Å². The number of ether oxygens (including phenoxy) is 1. The van der Waals surface area contributed by atoms with Crippen molar-refractivity contribution in [3.05, 3.63) is 34.6 Å². The first-order valence-corrected chi connectivity index (χ1v) is 5.30. The number of nitrogens with zero attached hydrogens (tertiary/aromatic N) is 3. The number of nitrogens with one attached hydrogen (secondary N) is 1. The molecule has 6 heteroatoms. The van der Waals surface area contributed by atoms with Gasteiger partial charge in [-0.2, -0.15) is 9.50 Å². The van der Waals surface area contributed by atoms with Gasteiger partial charge in [-0.15, -0.1) is 5.10 Å². The Morgan fingerprint density at radius 2 is 2.24 bits per heavy atom. The Balaban J connectivity index is 2.42. The van der Waals surface area contributed by atoms with E-state index in [0.29, 0.717) is 23.3 Å². The van der Waals surface area contributed by atoms with E-state index >= 15 is 0 Å². The first-order chi connectivity index (χ1) is 8.29. The molecule has 0 saturated carbocycles. The zero-order chi connectivity index (χ0) is 11.8. The molecule has 3 rings (SSSR count). The molecule has 0 aliphatic carbocycles. The molecule has 6 nitrogen and oxygen atoms in total. The second-order valence-corrected chi connectivity index (χ2v) is 3.53. The highest BCUT2D eigenvalue weighted by atomic mass is 16.5. The van der Waals surface area contributed by atoms with Crippen LogP contribution in [0.3, 0.4) is 0 Å². The van der Waals surface area contributed by atoms with Gasteiger partial charge < -0.3 is 4.74 Å². The smallest absolute Gasteiger partial charge is 0.337 e. The Hall–Kier alpha value is -2.37. The highest BCUT2D eigenvalue weighted by molar-refractivity contribution is 5.79. The summed E-state index contributed by atoms with van der Waals surface area (Å²) in [6.07, 6.45) is 0. The van der Waals surface area contributed by atoms with Crippen LogP contribution in [-0.4, -0.2) is 26.2 Å². The fourth-order valence-electron chi connectivity index (χ4n) is 1.75. The largest absolute Gasteiger partial charge is 0.463 e. The molecule has 0 aliphatic rings. The van der Waals surface area contributed by atoms with Crippen molar-refractivity contribution in [3.63, 3.8) is 0 Å². The van der Waals surface area contributed by atoms with Crippen LogP contribution in [0.5, 0.6) is 6.01 Å². The van der Waals surface area contributed by atoms with Crippen molar-refractivity contribution in [2.45, 2.75) is 6.92 Å². The lowest BCUT2D eigenvalue weighted by atomic mass is 10.2. The lowest BCUT2D eigenvalue weighted by Gasteiger charge is -1.97. The minimum atomic E-state index is -0.177. The Labute approximate surface area is 95.9 Å². The van der Waals surface area contributed by atoms with Gasteiger partial charge in [0.25, 0.3) is 5.56 Å². The number of rotatable bonds is 2. The van der Waals surface area contributed by atoms with Crippen LogP contribution in [-0.2, 0) is 0 Å². The first kappa shape index (κ1) is 9.83. The summed E-state index contributed by atoms with van der Waals surface area (Å²) >= 11 is 0. The number of aromatic amines is 1. The maximum absolute atomic E-state index is 11.8. The molecule has 0 amide bonds. The van der Waals surface area contributed by atoms with E-state index < -0.39 is 0 Å². The van der Waals surface area contributed by atoms with Gasteiger partial charge in [-0.1, -0.05) is 12.1 Å². The van der Waals surface area contributed by atoms with Gasteiger partial charge in [-0.05, 0) is 19.1 Å². The van der Waals surface area contributed by atoms with Crippen molar-refractivity contribution in [1.82, 2.24) is 19.6 Å². The number of hydrogen-bond donors (Lipinski definition) is 1. The lowest BCUT2D eigenvalue weighted by molar-refractivity contribution is 0.313. The topological polar surface area (TPSA) is 72.3 Å². The highest BCUT2D eigenvalue weighted by Crippen LogP contribution is 2.12. The maximum atomic E-state index is 11.8. The quantitative estimate of drug-likeness (QED) is 0.712. The standard InChI is InChI=1S/C11H10N4O2/c1-2-17-11-13-10-12-9(16)7-5-3-4-6-8(7)15(10)14-11/h3-6H,2H2,1H3,(H,12,13,14,16). The SMILES string of the molecule is CCOc1nc2[nH]c(=O)c3ccccc3n2n1. The van der Waals surface area contributed by atoms with Crippen molar-refractivity contribution in [3.8, 4) is 6.01 Å². The Bertz CT molecular complexity index is 744. The summed E-state index contributed by atoms with van der Waals surface area (Å²) in [7, 11) is 0. The molecule has 0 saturated heterocycles. The van der Waals surface area contributed by atoms with Crippen LogP contribution in [0.25, 0.3) is 16.7 Å². The Kier molecular flexibility index (Phi) is 2.07. The third kappa shape index (κ3) is 1.45. The summed E-state index contributed by atoms with van der Waals surface area (Å²) in [5, 5.41) is 4.76. The molecule has 0 bridgehead atoms. The molecule has 0 spiro atoms. The second kappa shape index (κ2) is 3.58. The summed E-state index contributed by atoms with van der Waals surface area (Å²) in [6.45, 7) is 2.34. The summed E-state index contributed by atoms with van der Waals surface area (Å²) in [5.74, 6) is 0.386. The zero-order valence-corrected chi connectivity index (χ0v) is 9.17. The van der Waals surface area contributed by atoms with Crippen LogP contribution in [0.2, 0.25) is 0 Å². The zero-order valence-electron chi connectivity index (χ0n) is 9.17. The Morgan fingerprint density at radius 3 is 3.06 bits per heavy atom. The van der Waals surface area contributed by atoms with E-state index in [1.54, 1.807) is 10.6 Å². The molecule has 1 N–H and O–H groups in total. The molecule has 0 aliphatic heterocycles. The van der Waals surface area contributed by atoms with E-state index in [-0.39, 0.29) is 11.6 Å². The highest BCUT2D eigenvalue weighted by Gasteiger charge is 2.09. The van der Waals surface area contributed by atoms with Gasteiger partial charge in [0.1, 0.15) is 0 Å². The van der Waals surface area contributed by atoms with Crippen LogP contribution in [0.4, 0.5) is 0 Å². The van der Waals surface area contributed by atoms with Crippen LogP contribution in [0.1, 0.15) is 6.92 Å². The summed E-state index contributed by atoms with van der Waals surface area (Å²) < 4.78 is 6.79. The van der Waals surface area contributed by atoms with Crippen LogP contribution < -0.4 is 10.3 Å². The van der Waals surface area contributed by atoms with Gasteiger partial charge in [0.05, 0.1) is 17.5 Å². The van der Waals surface area contributed by atoms with Gasteiger partial charge in [0, 0.05) is 0 Å². The molecule has 17 heavy (non-hydrogen) atoms. The van der Waals surface area contributed by atoms with Crippen LogP contribution in [0, 0.1) is 0 Å². The molecule has 0 fully saturated rings. The monoisotopic (exact) mass is 230 g/mol. The molecule has 2 aromatic heterocycles. The van der Waals surface area contributed by atoms with Gasteiger partial charge in [-0.3, -0.25) is 9.78 Å². The predicted molar refractivity (Wildman–Crippen MR) is 62.3 cm³/mol. The molecule has 1 aromatic carbocycles. The molecule has 3 aromatic rings. The minimum absolute atomic E-state index is 0.177. The van der Waals surface area contributed by atoms with Crippen LogP contribution >= 0.6 is 0 Å². The number of hydrogen-bond acceptors (Lipinski definition) is 4. The van der Waals surface area contributed by atoms with Crippen molar-refractivity contribution in [1.29, 1.82) is 0 Å². The summed E-state index contributed by atoms with van der Waals surface area (Å²) in [6, 6.07) is 7.49. The number of benzene rings is 1. The molecule has 0 unspecified atom stereocenters. The van der Waals surface area contributed by atoms with Gasteiger partial charge in [0.2, 0.25) is 5.78 Å². The van der Waals surface area contributed by atoms with Crippen molar-refractivity contribution in [2.24, 2.45) is 0 Å². The molecular weight excluding hydrogens is 220 g/mol. The average molecular weight is 230 g/mol. The first-order valence-electron chi connectivity index (χ1n) is 5.30. The number of H-pyrrole nitrogens is 1. The van der Waals surface area contributed by atoms with Gasteiger partial charge in [-0.25, -0.2) is 0 Å². The number of para-hydroxylation sites is 1. The van der Waals surface area contributed by atoms with Gasteiger partial charge in [0.15, 0.2) is 0 Å². The van der Waals surface area contributed by atoms with E-state index in [9.17, 15) is 4.79 Å². The third-order valence-corrected chi connectivity index (χ3v) is 2.46. The number of fused-ring (bicyclic) bond motifs is 3. The van der Waals surface area contributed by atoms with E-state index in [0.717, 1.165) is 0 Å². The molecule has 2 heterocycles. The third-order valence-electron chi connectivity index (χ3n) is 2.46. The average Bonchev–Trinajstić information content (AvgIpc) is 2.73. The van der Waals surface area contributed by atoms with Crippen LogP contribution in [0.15, 0.2) is 29.1 Å². The minimum Gasteiger partial charge on any atom is -0.463 e. The molecular formula is C11H10N4O2. The maximum Gasteiger partial charge on any atom is 0.337 e. The van der Waals surface area contributed by atoms with E-state index in [4.69, 9.17) is 4.74 Å². The normalized spacial score (nSPS) is 11.1. The van der Waals surface area contributed by atoms with Crippen molar-refractivity contribution in [2.75, 3.05) is 6.61 Å². The summed E-state index contributed by atoms with van der Waals surface area (Å²) in [4.78, 5) is 18.5. The fourth-order valence-corrected chi connectivity index (χ4v) is 1.75. The van der Waals surface area contributed by atoms with Gasteiger partial charge >= 0.3 is 6.01 Å². The molecule has 0 radical (unpaired) electrons. The second-order valence-electron chi connectivity index (χ2n) is 3.53.